The summed E-state index contributed by atoms with van der Waals surface area (Å²) in [6, 6.07) is 4.02. The van der Waals surface area contributed by atoms with Crippen LogP contribution in [0.3, 0.4) is 0 Å². The van der Waals surface area contributed by atoms with E-state index >= 15 is 0 Å². The second kappa shape index (κ2) is 16.4. The topological polar surface area (TPSA) is 211 Å². The predicted octanol–water partition coefficient (Wildman–Crippen LogP) is 4.43. The molecule has 6 aliphatic rings. The van der Waals surface area contributed by atoms with Crippen LogP contribution in [0.25, 0.3) is 11.0 Å². The lowest BCUT2D eigenvalue weighted by molar-refractivity contribution is -0.131. The van der Waals surface area contributed by atoms with E-state index in [0.29, 0.717) is 48.7 Å². The molecule has 3 aliphatic heterocycles. The van der Waals surface area contributed by atoms with Gasteiger partial charge in [-0.3, -0.25) is 19.7 Å². The van der Waals surface area contributed by atoms with Crippen molar-refractivity contribution >= 4 is 44.7 Å². The number of amidine groups is 2. The van der Waals surface area contributed by atoms with Crippen molar-refractivity contribution in [1.29, 1.82) is 5.41 Å². The molecule has 3 aliphatic carbocycles. The van der Waals surface area contributed by atoms with Crippen LogP contribution < -0.4 is 25.2 Å². The first kappa shape index (κ1) is 39.4. The lowest BCUT2D eigenvalue weighted by atomic mass is 9.97. The van der Waals surface area contributed by atoms with E-state index in [2.05, 4.69) is 10.0 Å². The zero-order valence-electron chi connectivity index (χ0n) is 32.8. The van der Waals surface area contributed by atoms with Crippen molar-refractivity contribution in [2.24, 2.45) is 22.6 Å². The minimum atomic E-state index is -3.86. The summed E-state index contributed by atoms with van der Waals surface area (Å²) in [5, 5.41) is 12.1. The van der Waals surface area contributed by atoms with Gasteiger partial charge in [0, 0.05) is 18.4 Å². The Morgan fingerprint density at radius 1 is 1.02 bits per heavy atom. The Balaban J connectivity index is 1.15. The summed E-state index contributed by atoms with van der Waals surface area (Å²) in [6.45, 7) is 0.171. The van der Waals surface area contributed by atoms with Gasteiger partial charge in [0.15, 0.2) is 0 Å². The average Bonchev–Trinajstić information content (AvgIpc) is 4.08. The second-order valence-corrected chi connectivity index (χ2v) is 18.8. The molecule has 16 heteroatoms. The molecule has 7 atom stereocenters. The molecule has 0 radical (unpaired) electrons. The van der Waals surface area contributed by atoms with Gasteiger partial charge >= 0.3 is 0 Å². The van der Waals surface area contributed by atoms with E-state index in [1.54, 1.807) is 12.0 Å². The van der Waals surface area contributed by atoms with Crippen LogP contribution in [0.1, 0.15) is 108 Å². The van der Waals surface area contributed by atoms with Crippen LogP contribution in [0.4, 0.5) is 0 Å². The molecule has 5 N–H and O–H groups in total. The number of hydrogen-bond acceptors (Lipinski definition) is 12. The van der Waals surface area contributed by atoms with E-state index in [1.807, 2.05) is 30.4 Å². The minimum absolute atomic E-state index is 0.0357. The van der Waals surface area contributed by atoms with Crippen molar-refractivity contribution in [1.82, 2.24) is 24.9 Å². The van der Waals surface area contributed by atoms with Gasteiger partial charge in [-0.1, -0.05) is 37.8 Å². The number of nitrogens with zero attached hydrogens (tertiary/aromatic N) is 4. The first-order valence-corrected chi connectivity index (χ1v) is 22.5. The Labute approximate surface area is 334 Å². The minimum Gasteiger partial charge on any atom is -0.497 e. The number of carbonyl (C=O) groups excluding carboxylic acids is 2. The van der Waals surface area contributed by atoms with Crippen molar-refractivity contribution in [2.75, 3.05) is 13.7 Å². The van der Waals surface area contributed by atoms with Crippen molar-refractivity contribution < 1.29 is 32.2 Å². The summed E-state index contributed by atoms with van der Waals surface area (Å²) < 4.78 is 46.7. The lowest BCUT2D eigenvalue weighted by Crippen LogP contribution is -2.57. The van der Waals surface area contributed by atoms with Gasteiger partial charge in [0.2, 0.25) is 21.8 Å². The predicted molar refractivity (Wildman–Crippen MR) is 214 cm³/mol. The highest BCUT2D eigenvalue weighted by Gasteiger charge is 2.62. The molecule has 3 saturated carbocycles. The molecular formula is C41H56N8O7S. The second-order valence-electron chi connectivity index (χ2n) is 16.8. The van der Waals surface area contributed by atoms with Crippen LogP contribution in [-0.4, -0.2) is 95.7 Å². The number of benzene rings is 1. The van der Waals surface area contributed by atoms with Gasteiger partial charge in [-0.2, -0.15) is 0 Å². The maximum absolute atomic E-state index is 14.6. The number of nitrogens with one attached hydrogen (secondary N) is 3. The molecule has 2 aromatic rings. The number of aryl methyl sites for hydroxylation is 1. The van der Waals surface area contributed by atoms with Gasteiger partial charge in [0.05, 0.1) is 29.9 Å². The van der Waals surface area contributed by atoms with E-state index < -0.39 is 50.8 Å². The van der Waals surface area contributed by atoms with Crippen LogP contribution in [-0.2, 0) is 30.8 Å². The first-order chi connectivity index (χ1) is 27.5. The average molecular weight is 805 g/mol. The molecule has 1 aromatic carbocycles. The largest absolute Gasteiger partial charge is 0.497 e. The maximum atomic E-state index is 14.6. The molecule has 15 nitrogen and oxygen atoms in total. The third-order valence-corrected chi connectivity index (χ3v) is 14.5. The van der Waals surface area contributed by atoms with Gasteiger partial charge in [0.1, 0.15) is 47.1 Å². The maximum Gasteiger partial charge on any atom is 0.282 e. The summed E-state index contributed by atoms with van der Waals surface area (Å²) in [5.74, 6) is -0.0758. The van der Waals surface area contributed by atoms with Crippen LogP contribution in [0, 0.1) is 17.2 Å². The smallest absolute Gasteiger partial charge is 0.282 e. The van der Waals surface area contributed by atoms with Crippen molar-refractivity contribution in [3.05, 3.63) is 36.0 Å². The Morgan fingerprint density at radius 2 is 1.82 bits per heavy atom. The Bertz CT molecular complexity index is 2040. The molecule has 0 spiro atoms. The summed E-state index contributed by atoms with van der Waals surface area (Å²) >= 11 is 0. The lowest BCUT2D eigenvalue weighted by Gasteiger charge is -2.30. The fraction of sp³-hybridized carbons (Fsp3) is 0.659. The van der Waals surface area contributed by atoms with Gasteiger partial charge in [0.25, 0.3) is 11.9 Å². The fourth-order valence-corrected chi connectivity index (χ4v) is 10.5. The van der Waals surface area contributed by atoms with Crippen molar-refractivity contribution in [3.8, 4) is 11.6 Å². The molecular weight excluding hydrogens is 749 g/mol. The number of ether oxygens (including phenoxy) is 3. The molecule has 0 unspecified atom stereocenters. The molecule has 4 fully saturated rings. The number of fused-ring (bicyclic) bond motifs is 6. The monoisotopic (exact) mass is 804 g/mol. The van der Waals surface area contributed by atoms with Crippen LogP contribution >= 0.6 is 0 Å². The number of rotatable bonds is 4. The summed E-state index contributed by atoms with van der Waals surface area (Å²) in [7, 11) is -2.26. The van der Waals surface area contributed by atoms with Crippen molar-refractivity contribution in [3.63, 3.8) is 0 Å². The van der Waals surface area contributed by atoms with Crippen molar-refractivity contribution in [2.45, 2.75) is 144 Å². The van der Waals surface area contributed by atoms with E-state index in [4.69, 9.17) is 34.9 Å². The molecule has 1 aromatic heterocycles. The van der Waals surface area contributed by atoms with Crippen LogP contribution in [0.5, 0.6) is 11.6 Å². The van der Waals surface area contributed by atoms with Crippen LogP contribution in [0.2, 0.25) is 0 Å². The zero-order valence-corrected chi connectivity index (χ0v) is 33.6. The van der Waals surface area contributed by atoms with Gasteiger partial charge in [-0.05, 0) is 95.1 Å². The third-order valence-electron chi connectivity index (χ3n) is 12.7. The van der Waals surface area contributed by atoms with Gasteiger partial charge in [-0.15, -0.1) is 0 Å². The number of carbonyl (C=O) groups is 2. The number of methoxy groups -OCH3 is 1. The number of nitrogens with two attached hydrogens (primary N) is 1. The summed E-state index contributed by atoms with van der Waals surface area (Å²) in [5.41, 5.74) is 7.19. The normalized spacial score (nSPS) is 32.0. The Morgan fingerprint density at radius 3 is 2.65 bits per heavy atom. The van der Waals surface area contributed by atoms with Gasteiger partial charge in [-0.25, -0.2) is 23.4 Å². The molecule has 3 bridgehead atoms. The third kappa shape index (κ3) is 8.70. The first-order valence-electron chi connectivity index (χ1n) is 20.9. The molecule has 57 heavy (non-hydrogen) atoms. The number of hydrogen-bond donors (Lipinski definition) is 4. The summed E-state index contributed by atoms with van der Waals surface area (Å²) in [6.07, 6.45) is 16.3. The molecule has 1 saturated heterocycles. The highest BCUT2D eigenvalue weighted by Crippen LogP contribution is 2.46. The van der Waals surface area contributed by atoms with E-state index in [9.17, 15) is 23.4 Å². The number of allylic oxidation sites excluding steroid dienone is 1. The Hall–Kier alpha value is -4.47. The molecule has 4 heterocycles. The fourth-order valence-electron chi connectivity index (χ4n) is 9.16. The van der Waals surface area contributed by atoms with E-state index in [-0.39, 0.29) is 43.3 Å². The number of sulfonamides is 1. The highest BCUT2D eigenvalue weighted by molar-refractivity contribution is 7.91. The molecule has 2 amide bonds. The van der Waals surface area contributed by atoms with Gasteiger partial charge < -0.3 is 30.2 Å². The van der Waals surface area contributed by atoms with E-state index in [0.717, 1.165) is 81.8 Å². The molecule has 8 rings (SSSR count). The standard InChI is InChI=1S/C41H56N8O7S/c1-54-27-17-20-30-33(21-27)45-38-32(44-30)15-9-5-6-11-25-12-10-16-35(25)56-40(43)46-31-14-8-4-2-3-7-13-26-23-41(26,39(51)48-57(52,53)29-18-19-29)47-37(50)34-22-28(55-38)24-49(34)36(31)42/h7,13,17,20-21,25-26,28-29,31,34-35,42H,2-6,8-12,14-16,18-19,22-24H2,1H3,(H2,43,46)(H,47,50)(H,48,51)/b13-7-,42-36?/t25-,26-,28-,31+,34+,35-,41-/m1/s1. The van der Waals surface area contributed by atoms with Crippen LogP contribution in [0.15, 0.2) is 35.3 Å². The zero-order chi connectivity index (χ0) is 39.7. The highest BCUT2D eigenvalue weighted by atomic mass is 32.2. The van der Waals surface area contributed by atoms with E-state index in [1.165, 1.54) is 0 Å². The molecule has 308 valence electrons. The summed E-state index contributed by atoms with van der Waals surface area (Å²) in [4.78, 5) is 44.9. The number of aromatic nitrogens is 2. The number of aliphatic imine (C=N–C) groups is 1. The quantitative estimate of drug-likeness (QED) is 0.318. The Kier molecular flexibility index (Phi) is 11.3. The SMILES string of the molecule is COc1ccc2nc3c(nc2c1)O[C@@H]1C[C@H]2C(=O)N[C@]4(C(=O)NS(=O)(=O)C5CC5)C[C@H]4/C=C\CCCCC[C@H](N=C(N)O[C@@H]4CCC[C@H]4CCCCC3)C(=N)N2C1. The number of amides is 2.